The monoisotopic (exact) mass is 1010 g/mol. The number of nitrogens with zero attached hydrogens (tertiary/aromatic N) is 4. The van der Waals surface area contributed by atoms with Crippen LogP contribution in [0.5, 0.6) is 0 Å². The van der Waals surface area contributed by atoms with Crippen molar-refractivity contribution >= 4 is 144 Å². The zero-order chi connectivity index (χ0) is 51.7. The van der Waals surface area contributed by atoms with Crippen LogP contribution < -0.4 is 9.80 Å². The Bertz CT molecular complexity index is 4850. The van der Waals surface area contributed by atoms with E-state index in [2.05, 4.69) is 262 Å². The number of hydrogen-bond donors (Lipinski definition) is 0. The van der Waals surface area contributed by atoms with E-state index in [-0.39, 0.29) is 0 Å². The molecule has 5 aromatic heterocycles. The molecule has 79 heavy (non-hydrogen) atoms. The molecule has 0 unspecified atom stereocenters. The Morgan fingerprint density at radius 3 is 0.962 bits per heavy atom. The van der Waals surface area contributed by atoms with Crippen LogP contribution in [0.15, 0.2) is 280 Å². The highest BCUT2D eigenvalue weighted by Gasteiger charge is 2.32. The van der Waals surface area contributed by atoms with Gasteiger partial charge in [0.1, 0.15) is 33.5 Å². The van der Waals surface area contributed by atoms with Crippen LogP contribution in [0, 0.1) is 0 Å². The van der Waals surface area contributed by atoms with Gasteiger partial charge in [-0.2, -0.15) is 0 Å². The third kappa shape index (κ3) is 6.41. The summed E-state index contributed by atoms with van der Waals surface area (Å²) in [4.78, 5) is 4.81. The average molecular weight is 1010 g/mol. The number of aromatic nitrogens is 2. The highest BCUT2D eigenvalue weighted by atomic mass is 16.3. The van der Waals surface area contributed by atoms with E-state index in [1.54, 1.807) is 0 Å². The first-order valence-electron chi connectivity index (χ1n) is 26.7. The maximum Gasteiger partial charge on any atom is 0.147 e. The number of fused-ring (bicyclic) bond motifs is 17. The largest absolute Gasteiger partial charge is 0.456 e. The molecule has 0 saturated carbocycles. The fourth-order valence-electron chi connectivity index (χ4n) is 12.7. The van der Waals surface area contributed by atoms with Gasteiger partial charge in [-0.1, -0.05) is 146 Å². The minimum absolute atomic E-state index is 0.794. The van der Waals surface area contributed by atoms with E-state index in [0.29, 0.717) is 0 Å². The van der Waals surface area contributed by atoms with Crippen LogP contribution in [0.2, 0.25) is 0 Å². The Balaban J connectivity index is 1.09. The number of furan rings is 3. The third-order valence-corrected chi connectivity index (χ3v) is 16.0. The standard InChI is InChI=1S/C72H44N4O3/c1-5-21-45(22-6-1)73(46-23-7-2-8-24-46)61-43-59-67(53-31-13-17-33-57(53)75(59)49-37-39-65-55(41-49)51-29-15-19-35-63(51)77-65)71-69(61)70-62(74(47-25-9-3-10-26-47)48-27-11-4-12-28-48)44-60-68(72(70)79-71)54-32-14-18-34-58(54)76(60)50-38-40-66-56(42-50)52-30-16-20-36-64(52)78-66/h1-44H. The molecule has 0 aliphatic carbocycles. The van der Waals surface area contributed by atoms with E-state index >= 15 is 0 Å². The van der Waals surface area contributed by atoms with Gasteiger partial charge in [0.2, 0.25) is 0 Å². The lowest BCUT2D eigenvalue weighted by Crippen LogP contribution is -2.12. The van der Waals surface area contributed by atoms with Crippen LogP contribution in [-0.4, -0.2) is 9.13 Å². The summed E-state index contributed by atoms with van der Waals surface area (Å²) < 4.78 is 25.7. The fraction of sp³-hybridized carbons (Fsp3) is 0. The van der Waals surface area contributed by atoms with E-state index in [9.17, 15) is 0 Å². The molecule has 17 rings (SSSR count). The minimum atomic E-state index is 0.794. The first kappa shape index (κ1) is 43.5. The van der Waals surface area contributed by atoms with E-state index in [0.717, 1.165) is 155 Å². The molecular weight excluding hydrogens is 969 g/mol. The summed E-state index contributed by atoms with van der Waals surface area (Å²) in [6.07, 6.45) is 0. The van der Waals surface area contributed by atoms with Gasteiger partial charge in [-0.05, 0) is 121 Å². The number of hydrogen-bond acceptors (Lipinski definition) is 5. The molecule has 0 N–H and O–H groups in total. The van der Waals surface area contributed by atoms with Gasteiger partial charge in [-0.25, -0.2) is 0 Å². The van der Waals surface area contributed by atoms with Gasteiger partial charge in [0.15, 0.2) is 0 Å². The van der Waals surface area contributed by atoms with Gasteiger partial charge in [0, 0.05) is 66.4 Å². The minimum Gasteiger partial charge on any atom is -0.456 e. The van der Waals surface area contributed by atoms with Crippen LogP contribution in [0.3, 0.4) is 0 Å². The zero-order valence-electron chi connectivity index (χ0n) is 42.4. The second-order valence-electron chi connectivity index (χ2n) is 20.4. The maximum atomic E-state index is 8.04. The molecule has 0 spiro atoms. The predicted molar refractivity (Wildman–Crippen MR) is 326 cm³/mol. The normalized spacial score (nSPS) is 12.1. The second-order valence-corrected chi connectivity index (χ2v) is 20.4. The molecule has 0 fully saturated rings. The summed E-state index contributed by atoms with van der Waals surface area (Å²) in [6.45, 7) is 0. The molecule has 0 atom stereocenters. The summed E-state index contributed by atoms with van der Waals surface area (Å²) in [5.41, 5.74) is 17.2. The quantitative estimate of drug-likeness (QED) is 0.152. The van der Waals surface area contributed by atoms with Gasteiger partial charge in [0.05, 0.1) is 55.0 Å². The topological polar surface area (TPSA) is 55.8 Å². The molecule has 7 nitrogen and oxygen atoms in total. The molecule has 0 radical (unpaired) electrons. The van der Waals surface area contributed by atoms with Gasteiger partial charge in [-0.3, -0.25) is 0 Å². The third-order valence-electron chi connectivity index (χ3n) is 16.0. The Kier molecular flexibility index (Phi) is 9.28. The smallest absolute Gasteiger partial charge is 0.147 e. The van der Waals surface area contributed by atoms with Crippen molar-refractivity contribution in [1.29, 1.82) is 0 Å². The molecule has 7 heteroatoms. The summed E-state index contributed by atoms with van der Waals surface area (Å²) >= 11 is 0. The zero-order valence-corrected chi connectivity index (χ0v) is 42.4. The van der Waals surface area contributed by atoms with Gasteiger partial charge in [-0.15, -0.1) is 0 Å². The Morgan fingerprint density at radius 2 is 0.570 bits per heavy atom. The van der Waals surface area contributed by atoms with E-state index in [1.165, 1.54) is 0 Å². The van der Waals surface area contributed by atoms with Gasteiger partial charge >= 0.3 is 0 Å². The van der Waals surface area contributed by atoms with Crippen molar-refractivity contribution in [3.8, 4) is 11.4 Å². The van der Waals surface area contributed by atoms with E-state index < -0.39 is 0 Å². The van der Waals surface area contributed by atoms with Crippen LogP contribution >= 0.6 is 0 Å². The Hall–Kier alpha value is -10.8. The van der Waals surface area contributed by atoms with Crippen molar-refractivity contribution < 1.29 is 13.3 Å². The molecule has 0 aliphatic heterocycles. The van der Waals surface area contributed by atoms with E-state index in [1.807, 2.05) is 24.3 Å². The van der Waals surface area contributed by atoms with Gasteiger partial charge in [0.25, 0.3) is 0 Å². The average Bonchev–Trinajstić information content (AvgIpc) is 4.49. The summed E-state index contributed by atoms with van der Waals surface area (Å²) in [5, 5.41) is 10.5. The SMILES string of the molecule is c1ccc(N(c2ccccc2)c2cc3c(c4ccccc4n3-c3ccc4oc5ccccc5c4c3)c3oc4c(c(N(c5ccccc5)c5ccccc5)cc5c4c4ccccc4n5-c4ccc5oc6ccccc6c5c4)c23)cc1. The summed E-state index contributed by atoms with van der Waals surface area (Å²) in [6, 6.07) is 95.0. The Morgan fingerprint density at radius 1 is 0.241 bits per heavy atom. The van der Waals surface area contributed by atoms with Crippen LogP contribution in [0.1, 0.15) is 0 Å². The Labute approximate surface area is 451 Å². The second kappa shape index (κ2) is 16.9. The van der Waals surface area contributed by atoms with Crippen molar-refractivity contribution in [1.82, 2.24) is 9.13 Å². The summed E-state index contributed by atoms with van der Waals surface area (Å²) in [5.74, 6) is 0. The molecule has 0 aliphatic rings. The number of para-hydroxylation sites is 8. The molecule has 5 heterocycles. The first-order valence-corrected chi connectivity index (χ1v) is 26.7. The predicted octanol–water partition coefficient (Wildman–Crippen LogP) is 20.5. The van der Waals surface area contributed by atoms with Crippen LogP contribution in [-0.2, 0) is 0 Å². The van der Waals surface area contributed by atoms with Crippen molar-refractivity contribution in [2.45, 2.75) is 0 Å². The lowest BCUT2D eigenvalue weighted by atomic mass is 10.00. The highest BCUT2D eigenvalue weighted by Crippen LogP contribution is 2.55. The molecular formula is C72H44N4O3. The number of benzene rings is 12. The van der Waals surface area contributed by atoms with E-state index in [4.69, 9.17) is 13.3 Å². The maximum absolute atomic E-state index is 8.04. The first-order chi connectivity index (χ1) is 39.2. The molecule has 370 valence electrons. The lowest BCUT2D eigenvalue weighted by Gasteiger charge is -2.28. The molecule has 0 amide bonds. The lowest BCUT2D eigenvalue weighted by molar-refractivity contribution is 0.668. The molecule has 0 bridgehead atoms. The number of anilines is 6. The summed E-state index contributed by atoms with van der Waals surface area (Å²) in [7, 11) is 0. The van der Waals surface area contributed by atoms with Crippen LogP contribution in [0.4, 0.5) is 34.1 Å². The molecule has 17 aromatic rings. The fourth-order valence-corrected chi connectivity index (χ4v) is 12.7. The number of rotatable bonds is 8. The van der Waals surface area contributed by atoms with Crippen LogP contribution in [0.25, 0.3) is 121 Å². The van der Waals surface area contributed by atoms with Crippen molar-refractivity contribution in [3.63, 3.8) is 0 Å². The van der Waals surface area contributed by atoms with Crippen molar-refractivity contribution in [3.05, 3.63) is 267 Å². The van der Waals surface area contributed by atoms with Crippen molar-refractivity contribution in [2.24, 2.45) is 0 Å². The molecule has 12 aromatic carbocycles. The van der Waals surface area contributed by atoms with Gasteiger partial charge < -0.3 is 32.2 Å². The van der Waals surface area contributed by atoms with Crippen molar-refractivity contribution in [2.75, 3.05) is 9.80 Å². The highest BCUT2D eigenvalue weighted by molar-refractivity contribution is 6.35. The molecule has 0 saturated heterocycles.